The number of halogens is 1. The van der Waals surface area contributed by atoms with E-state index in [0.717, 1.165) is 34.2 Å². The molecule has 0 amide bonds. The van der Waals surface area contributed by atoms with Gasteiger partial charge in [0.2, 0.25) is 0 Å². The fourth-order valence-corrected chi connectivity index (χ4v) is 4.76. The van der Waals surface area contributed by atoms with Gasteiger partial charge in [0.05, 0.1) is 12.2 Å². The van der Waals surface area contributed by atoms with Crippen molar-refractivity contribution in [2.45, 2.75) is 24.9 Å². The van der Waals surface area contributed by atoms with Gasteiger partial charge in [-0.25, -0.2) is 4.39 Å². The largest absolute Gasteiger partial charge is 0.480 e. The summed E-state index contributed by atoms with van der Waals surface area (Å²) in [6.07, 6.45) is 4.89. The average molecular weight is 442 g/mol. The number of carboxylic acids is 1. The first kappa shape index (κ1) is 21.1. The van der Waals surface area contributed by atoms with Crippen molar-refractivity contribution in [3.05, 3.63) is 102 Å². The van der Waals surface area contributed by atoms with Gasteiger partial charge in [-0.3, -0.25) is 14.8 Å². The molecule has 2 heterocycles. The number of nitrogens with one attached hydrogen (secondary N) is 1. The van der Waals surface area contributed by atoms with Crippen molar-refractivity contribution in [1.82, 2.24) is 15.1 Å². The molecular formula is C27H24FN3O2. The second-order valence-corrected chi connectivity index (χ2v) is 8.35. The molecule has 2 N–H and O–H groups in total. The van der Waals surface area contributed by atoms with Crippen LogP contribution < -0.4 is 0 Å². The number of hydrogen-bond donors (Lipinski definition) is 2. The highest BCUT2D eigenvalue weighted by Crippen LogP contribution is 2.37. The van der Waals surface area contributed by atoms with Crippen molar-refractivity contribution in [3.8, 4) is 22.3 Å². The molecule has 0 aliphatic carbocycles. The van der Waals surface area contributed by atoms with Gasteiger partial charge < -0.3 is 5.11 Å². The van der Waals surface area contributed by atoms with Crippen molar-refractivity contribution >= 4 is 5.97 Å². The number of aliphatic carboxylic acids is 1. The minimum atomic E-state index is -0.833. The smallest absolute Gasteiger partial charge is 0.320 e. The minimum absolute atomic E-state index is 0.312. The summed E-state index contributed by atoms with van der Waals surface area (Å²) in [6.45, 7) is 0.658. The molecule has 33 heavy (non-hydrogen) atoms. The van der Waals surface area contributed by atoms with E-state index in [1.807, 2.05) is 65.6 Å². The lowest BCUT2D eigenvalue weighted by Crippen LogP contribution is -2.39. The monoisotopic (exact) mass is 441 g/mol. The van der Waals surface area contributed by atoms with E-state index < -0.39 is 12.0 Å². The standard InChI is InChI=1S/C27H24FN3O2/c28-24-13-12-21(26(22-16-29-30-17-22)31-14-4-7-25(31)27(32)33)15-23(24)20-10-8-19(9-11-20)18-5-2-1-3-6-18/h1-3,5-6,8-13,15-17,25-26H,4,7,14H2,(H,29,30)(H,32,33). The molecule has 6 heteroatoms. The molecule has 1 aromatic heterocycles. The maximum absolute atomic E-state index is 14.9. The van der Waals surface area contributed by atoms with Crippen LogP contribution in [-0.4, -0.2) is 38.8 Å². The minimum Gasteiger partial charge on any atom is -0.480 e. The molecule has 2 unspecified atom stereocenters. The molecule has 1 fully saturated rings. The first-order valence-electron chi connectivity index (χ1n) is 11.0. The molecule has 2 atom stereocenters. The van der Waals surface area contributed by atoms with Crippen molar-refractivity contribution in [1.29, 1.82) is 0 Å². The summed E-state index contributed by atoms with van der Waals surface area (Å²) in [4.78, 5) is 13.9. The Balaban J connectivity index is 1.53. The van der Waals surface area contributed by atoms with E-state index in [2.05, 4.69) is 10.2 Å². The maximum Gasteiger partial charge on any atom is 0.320 e. The molecule has 5 rings (SSSR count). The summed E-state index contributed by atoms with van der Waals surface area (Å²) in [5, 5.41) is 16.7. The van der Waals surface area contributed by atoms with Crippen molar-refractivity contribution < 1.29 is 14.3 Å². The first-order chi connectivity index (χ1) is 16.1. The van der Waals surface area contributed by atoms with Crippen LogP contribution in [0.2, 0.25) is 0 Å². The summed E-state index contributed by atoms with van der Waals surface area (Å²) in [6, 6.07) is 22.0. The van der Waals surface area contributed by atoms with Gasteiger partial charge in [-0.2, -0.15) is 5.10 Å². The number of aromatic amines is 1. The Morgan fingerprint density at radius 2 is 1.73 bits per heavy atom. The molecule has 0 bridgehead atoms. The molecule has 1 aliphatic heterocycles. The fraction of sp³-hybridized carbons (Fsp3) is 0.185. The Kier molecular flexibility index (Phi) is 5.75. The molecule has 0 spiro atoms. The molecule has 1 aliphatic rings. The Labute approximate surface area is 191 Å². The molecule has 4 aromatic rings. The number of likely N-dealkylation sites (tertiary alicyclic amines) is 1. The van der Waals surface area contributed by atoms with E-state index in [1.165, 1.54) is 6.07 Å². The van der Waals surface area contributed by atoms with E-state index in [4.69, 9.17) is 0 Å². The van der Waals surface area contributed by atoms with E-state index in [0.29, 0.717) is 18.5 Å². The van der Waals surface area contributed by atoms with Crippen LogP contribution in [0.4, 0.5) is 4.39 Å². The van der Waals surface area contributed by atoms with Gasteiger partial charge in [-0.15, -0.1) is 0 Å². The number of nitrogens with zero attached hydrogens (tertiary/aromatic N) is 2. The van der Waals surface area contributed by atoms with Crippen LogP contribution >= 0.6 is 0 Å². The summed E-state index contributed by atoms with van der Waals surface area (Å²) >= 11 is 0. The van der Waals surface area contributed by atoms with Gasteiger partial charge in [0.25, 0.3) is 0 Å². The number of carboxylic acid groups (broad SMARTS) is 1. The third-order valence-electron chi connectivity index (χ3n) is 6.36. The van der Waals surface area contributed by atoms with Crippen LogP contribution in [0.25, 0.3) is 22.3 Å². The molecule has 5 nitrogen and oxygen atoms in total. The zero-order chi connectivity index (χ0) is 22.8. The fourth-order valence-electron chi connectivity index (χ4n) is 4.76. The Hall–Kier alpha value is -3.77. The number of aromatic nitrogens is 2. The van der Waals surface area contributed by atoms with Crippen LogP contribution in [0.15, 0.2) is 85.2 Å². The Morgan fingerprint density at radius 1 is 1.00 bits per heavy atom. The molecule has 1 saturated heterocycles. The summed E-state index contributed by atoms with van der Waals surface area (Å²) in [5.41, 5.74) is 5.14. The van der Waals surface area contributed by atoms with Crippen LogP contribution in [0.1, 0.15) is 30.0 Å². The third kappa shape index (κ3) is 4.17. The highest BCUT2D eigenvalue weighted by atomic mass is 19.1. The van der Waals surface area contributed by atoms with Crippen molar-refractivity contribution in [3.63, 3.8) is 0 Å². The normalized spacial score (nSPS) is 17.2. The van der Waals surface area contributed by atoms with Gasteiger partial charge in [-0.05, 0) is 47.2 Å². The maximum atomic E-state index is 14.9. The lowest BCUT2D eigenvalue weighted by atomic mass is 9.94. The molecule has 0 radical (unpaired) electrons. The van der Waals surface area contributed by atoms with Crippen molar-refractivity contribution in [2.75, 3.05) is 6.54 Å². The van der Waals surface area contributed by atoms with E-state index >= 15 is 0 Å². The Bertz CT molecular complexity index is 1240. The number of benzene rings is 3. The number of hydrogen-bond acceptors (Lipinski definition) is 3. The third-order valence-corrected chi connectivity index (χ3v) is 6.36. The number of rotatable bonds is 6. The predicted molar refractivity (Wildman–Crippen MR) is 125 cm³/mol. The number of H-pyrrole nitrogens is 1. The first-order valence-corrected chi connectivity index (χ1v) is 11.0. The van der Waals surface area contributed by atoms with E-state index in [1.54, 1.807) is 18.5 Å². The highest BCUT2D eigenvalue weighted by Gasteiger charge is 2.37. The quantitative estimate of drug-likeness (QED) is 0.413. The van der Waals surface area contributed by atoms with Crippen LogP contribution in [0.3, 0.4) is 0 Å². The van der Waals surface area contributed by atoms with Crippen LogP contribution in [0.5, 0.6) is 0 Å². The molecular weight excluding hydrogens is 417 g/mol. The van der Waals surface area contributed by atoms with Gasteiger partial charge in [0.1, 0.15) is 11.9 Å². The molecule has 0 saturated carbocycles. The molecule has 3 aromatic carbocycles. The summed E-state index contributed by atoms with van der Waals surface area (Å²) in [7, 11) is 0. The van der Waals surface area contributed by atoms with Gasteiger partial charge in [0, 0.05) is 23.9 Å². The van der Waals surface area contributed by atoms with Crippen LogP contribution in [0, 0.1) is 5.82 Å². The Morgan fingerprint density at radius 3 is 2.42 bits per heavy atom. The zero-order valence-electron chi connectivity index (χ0n) is 18.0. The zero-order valence-corrected chi connectivity index (χ0v) is 18.0. The predicted octanol–water partition coefficient (Wildman–Crippen LogP) is 5.52. The second kappa shape index (κ2) is 9.00. The van der Waals surface area contributed by atoms with Gasteiger partial charge in [-0.1, -0.05) is 60.7 Å². The average Bonchev–Trinajstić information content (AvgIpc) is 3.54. The van der Waals surface area contributed by atoms with Crippen LogP contribution in [-0.2, 0) is 4.79 Å². The topological polar surface area (TPSA) is 69.2 Å². The van der Waals surface area contributed by atoms with E-state index in [-0.39, 0.29) is 11.9 Å². The lowest BCUT2D eigenvalue weighted by molar-refractivity contribution is -0.142. The molecule has 166 valence electrons. The summed E-state index contributed by atoms with van der Waals surface area (Å²) in [5.74, 6) is -1.15. The SMILES string of the molecule is O=C(O)C1CCCN1C(c1cn[nH]c1)c1ccc(F)c(-c2ccc(-c3ccccc3)cc2)c1. The second-order valence-electron chi connectivity index (χ2n) is 8.35. The highest BCUT2D eigenvalue weighted by molar-refractivity contribution is 5.74. The van der Waals surface area contributed by atoms with E-state index in [9.17, 15) is 14.3 Å². The number of carbonyl (C=O) groups is 1. The van der Waals surface area contributed by atoms with Gasteiger partial charge in [0.15, 0.2) is 0 Å². The van der Waals surface area contributed by atoms with Crippen molar-refractivity contribution in [2.24, 2.45) is 0 Å². The van der Waals surface area contributed by atoms with Gasteiger partial charge >= 0.3 is 5.97 Å². The summed E-state index contributed by atoms with van der Waals surface area (Å²) < 4.78 is 14.9. The lowest BCUT2D eigenvalue weighted by Gasteiger charge is -2.31.